The molecule has 0 N–H and O–H groups in total. The fourth-order valence-electron chi connectivity index (χ4n) is 9.30. The van der Waals surface area contributed by atoms with E-state index < -0.39 is 0 Å². The fraction of sp³-hybridized carbons (Fsp3) is 1.00. The molecule has 1 saturated carbocycles. The zero-order valence-electron chi connectivity index (χ0n) is 20.6. The molecule has 0 aromatic heterocycles. The Labute approximate surface area is 191 Å². The number of rotatable bonds is 7. The Balaban J connectivity index is 1.07. The standard InChI is InChI=1S/C27H47N3O/c1-17(2)30-22-8-6-21(25(30)10-9-22)11-18(3)29-16-24-14-26(29)27(31-24)12-19(4)28-15-20-5-7-23(28)13-20/h17-27H,5-16H2,1-4H3. The van der Waals surface area contributed by atoms with Crippen molar-refractivity contribution in [3.63, 3.8) is 0 Å². The Morgan fingerprint density at radius 2 is 1.52 bits per heavy atom. The van der Waals surface area contributed by atoms with Crippen molar-refractivity contribution in [1.82, 2.24) is 14.7 Å². The molecule has 6 aliphatic rings. The SMILES string of the molecule is CC(CC1OC2CC1N(C(C)CC1CCC3CCC1N3C(C)C)C2)N1CC2CCC1C2. The minimum atomic E-state index is 0.477. The van der Waals surface area contributed by atoms with Crippen LogP contribution in [0.1, 0.15) is 91.9 Å². The summed E-state index contributed by atoms with van der Waals surface area (Å²) in [5.41, 5.74) is 0. The van der Waals surface area contributed by atoms with Gasteiger partial charge in [0.15, 0.2) is 0 Å². The largest absolute Gasteiger partial charge is 0.372 e. The van der Waals surface area contributed by atoms with Gasteiger partial charge in [-0.25, -0.2) is 0 Å². The van der Waals surface area contributed by atoms with E-state index in [2.05, 4.69) is 42.4 Å². The van der Waals surface area contributed by atoms with Gasteiger partial charge in [0.25, 0.3) is 0 Å². The van der Waals surface area contributed by atoms with E-state index >= 15 is 0 Å². The van der Waals surface area contributed by atoms with Crippen molar-refractivity contribution in [2.45, 2.75) is 146 Å². The first-order valence-corrected chi connectivity index (χ1v) is 13.9. The van der Waals surface area contributed by atoms with Crippen LogP contribution in [0.4, 0.5) is 0 Å². The number of hydrogen-bond donors (Lipinski definition) is 0. The monoisotopic (exact) mass is 429 g/mol. The van der Waals surface area contributed by atoms with Gasteiger partial charge < -0.3 is 4.74 Å². The summed E-state index contributed by atoms with van der Waals surface area (Å²) in [7, 11) is 0. The molecule has 6 bridgehead atoms. The van der Waals surface area contributed by atoms with Gasteiger partial charge in [-0.3, -0.25) is 14.7 Å². The molecule has 1 aliphatic carbocycles. The highest BCUT2D eigenvalue weighted by molar-refractivity contribution is 5.04. The first-order valence-electron chi connectivity index (χ1n) is 13.9. The number of nitrogens with zero attached hydrogens (tertiary/aromatic N) is 3. The van der Waals surface area contributed by atoms with Gasteiger partial charge in [0.05, 0.1) is 12.2 Å². The van der Waals surface area contributed by atoms with E-state index in [9.17, 15) is 0 Å². The lowest BCUT2D eigenvalue weighted by Crippen LogP contribution is -2.53. The molecule has 0 aromatic rings. The van der Waals surface area contributed by atoms with Crippen LogP contribution >= 0.6 is 0 Å². The normalized spacial score (nSPS) is 47.1. The lowest BCUT2D eigenvalue weighted by atomic mass is 9.84. The molecule has 10 atom stereocenters. The summed E-state index contributed by atoms with van der Waals surface area (Å²) in [6, 6.07) is 5.46. The summed E-state index contributed by atoms with van der Waals surface area (Å²) in [4.78, 5) is 8.63. The number of morpholine rings is 1. The van der Waals surface area contributed by atoms with Gasteiger partial charge in [0.2, 0.25) is 0 Å². The lowest BCUT2D eigenvalue weighted by molar-refractivity contribution is -0.0640. The number of fused-ring (bicyclic) bond motifs is 6. The summed E-state index contributed by atoms with van der Waals surface area (Å²) in [6.45, 7) is 12.4. The van der Waals surface area contributed by atoms with Gasteiger partial charge in [0, 0.05) is 55.4 Å². The average molecular weight is 430 g/mol. The highest BCUT2D eigenvalue weighted by atomic mass is 16.5. The quantitative estimate of drug-likeness (QED) is 0.592. The Hall–Kier alpha value is -0.160. The van der Waals surface area contributed by atoms with E-state index in [0.717, 1.165) is 42.0 Å². The third-order valence-electron chi connectivity index (χ3n) is 10.6. The first kappa shape index (κ1) is 21.4. The number of hydrogen-bond acceptors (Lipinski definition) is 4. The average Bonchev–Trinajstić information content (AvgIpc) is 3.55. The smallest absolute Gasteiger partial charge is 0.0750 e. The second-order valence-electron chi connectivity index (χ2n) is 12.7. The Morgan fingerprint density at radius 1 is 0.742 bits per heavy atom. The van der Waals surface area contributed by atoms with Gasteiger partial charge >= 0.3 is 0 Å². The third-order valence-corrected chi connectivity index (χ3v) is 10.6. The molecule has 6 fully saturated rings. The van der Waals surface area contributed by atoms with E-state index in [0.29, 0.717) is 24.3 Å². The van der Waals surface area contributed by atoms with Gasteiger partial charge in [-0.2, -0.15) is 0 Å². The molecule has 0 radical (unpaired) electrons. The second-order valence-corrected chi connectivity index (χ2v) is 12.7. The molecule has 4 heteroatoms. The zero-order chi connectivity index (χ0) is 21.3. The highest BCUT2D eigenvalue weighted by Crippen LogP contribution is 2.45. The number of ether oxygens (including phenoxy) is 1. The molecule has 4 nitrogen and oxygen atoms in total. The summed E-state index contributed by atoms with van der Waals surface area (Å²) in [6.07, 6.45) is 15.2. The van der Waals surface area contributed by atoms with Crippen molar-refractivity contribution in [2.75, 3.05) is 13.1 Å². The number of likely N-dealkylation sites (tertiary alicyclic amines) is 2. The molecule has 5 aliphatic heterocycles. The lowest BCUT2D eigenvalue weighted by Gasteiger charge is -2.45. The summed E-state index contributed by atoms with van der Waals surface area (Å²) in [5.74, 6) is 1.91. The van der Waals surface area contributed by atoms with E-state index in [-0.39, 0.29) is 0 Å². The Morgan fingerprint density at radius 3 is 2.23 bits per heavy atom. The predicted molar refractivity (Wildman–Crippen MR) is 126 cm³/mol. The molecule has 6 rings (SSSR count). The summed E-state index contributed by atoms with van der Waals surface area (Å²) in [5, 5.41) is 0. The van der Waals surface area contributed by atoms with Crippen molar-refractivity contribution >= 4 is 0 Å². The zero-order valence-corrected chi connectivity index (χ0v) is 20.6. The molecule has 0 aromatic carbocycles. The second kappa shape index (κ2) is 8.25. The molecule has 10 unspecified atom stereocenters. The maximum atomic E-state index is 6.56. The molecule has 176 valence electrons. The number of piperidine rings is 2. The van der Waals surface area contributed by atoms with Crippen molar-refractivity contribution in [2.24, 2.45) is 11.8 Å². The van der Waals surface area contributed by atoms with E-state index in [1.807, 2.05) is 0 Å². The minimum Gasteiger partial charge on any atom is -0.372 e. The van der Waals surface area contributed by atoms with E-state index in [4.69, 9.17) is 4.74 Å². The first-order chi connectivity index (χ1) is 15.0. The molecule has 0 spiro atoms. The molecule has 0 amide bonds. The maximum Gasteiger partial charge on any atom is 0.0750 e. The van der Waals surface area contributed by atoms with Crippen LogP contribution in [0.5, 0.6) is 0 Å². The van der Waals surface area contributed by atoms with Crippen LogP contribution in [0.15, 0.2) is 0 Å². The van der Waals surface area contributed by atoms with Gasteiger partial charge in [0.1, 0.15) is 0 Å². The van der Waals surface area contributed by atoms with Gasteiger partial charge in [-0.05, 0) is 104 Å². The van der Waals surface area contributed by atoms with Crippen LogP contribution in [0.3, 0.4) is 0 Å². The van der Waals surface area contributed by atoms with Crippen LogP contribution in [0.2, 0.25) is 0 Å². The highest BCUT2D eigenvalue weighted by Gasteiger charge is 2.50. The summed E-state index contributed by atoms with van der Waals surface area (Å²) >= 11 is 0. The van der Waals surface area contributed by atoms with Crippen molar-refractivity contribution in [1.29, 1.82) is 0 Å². The van der Waals surface area contributed by atoms with Crippen LogP contribution in [-0.2, 0) is 4.74 Å². The van der Waals surface area contributed by atoms with Crippen LogP contribution in [0, 0.1) is 11.8 Å². The topological polar surface area (TPSA) is 19.0 Å². The molecule has 5 saturated heterocycles. The minimum absolute atomic E-state index is 0.477. The van der Waals surface area contributed by atoms with Crippen molar-refractivity contribution in [3.8, 4) is 0 Å². The maximum absolute atomic E-state index is 6.56. The molecular weight excluding hydrogens is 382 g/mol. The van der Waals surface area contributed by atoms with Gasteiger partial charge in [-0.1, -0.05) is 0 Å². The Bertz CT molecular complexity index is 654. The Kier molecular flexibility index (Phi) is 5.69. The van der Waals surface area contributed by atoms with Crippen LogP contribution in [-0.4, -0.2) is 82.3 Å². The third kappa shape index (κ3) is 3.72. The molecule has 5 heterocycles. The van der Waals surface area contributed by atoms with Gasteiger partial charge in [-0.15, -0.1) is 0 Å². The molecule has 31 heavy (non-hydrogen) atoms. The fourth-order valence-corrected chi connectivity index (χ4v) is 9.30. The van der Waals surface area contributed by atoms with Crippen LogP contribution in [0.25, 0.3) is 0 Å². The molecular formula is C27H47N3O. The van der Waals surface area contributed by atoms with E-state index in [1.54, 1.807) is 0 Å². The van der Waals surface area contributed by atoms with Crippen LogP contribution < -0.4 is 0 Å². The van der Waals surface area contributed by atoms with Crippen molar-refractivity contribution in [3.05, 3.63) is 0 Å². The predicted octanol–water partition coefficient (Wildman–Crippen LogP) is 4.52. The van der Waals surface area contributed by atoms with E-state index in [1.165, 1.54) is 77.3 Å². The van der Waals surface area contributed by atoms with Crippen molar-refractivity contribution < 1.29 is 4.74 Å². The summed E-state index contributed by atoms with van der Waals surface area (Å²) < 4.78 is 6.56.